The first-order chi connectivity index (χ1) is 15.2. The number of anilines is 1. The van der Waals surface area contributed by atoms with E-state index >= 15 is 0 Å². The second-order valence-corrected chi connectivity index (χ2v) is 8.23. The lowest BCUT2D eigenvalue weighted by Gasteiger charge is -2.26. The highest BCUT2D eigenvalue weighted by atomic mass is 32.2. The third kappa shape index (κ3) is 6.86. The van der Waals surface area contributed by atoms with Gasteiger partial charge in [0.1, 0.15) is 5.69 Å². The molecule has 0 fully saturated rings. The quantitative estimate of drug-likeness (QED) is 0.224. The SMILES string of the molecule is C#CCOc1cnc(C(=O)Nc2cc(F)c(F)c(C[C@](C)(CO)S/C(N)=N\CF)c2)cn1. The number of benzene rings is 1. The summed E-state index contributed by atoms with van der Waals surface area (Å²) in [4.78, 5) is 23.5. The van der Waals surface area contributed by atoms with E-state index < -0.39 is 35.7 Å². The molecule has 2 rings (SSSR count). The number of alkyl halides is 1. The summed E-state index contributed by atoms with van der Waals surface area (Å²) < 4.78 is 44.8. The molecule has 8 nitrogen and oxygen atoms in total. The summed E-state index contributed by atoms with van der Waals surface area (Å²) >= 11 is 0.823. The molecule has 0 bridgehead atoms. The second kappa shape index (κ2) is 11.4. The first-order valence-corrected chi connectivity index (χ1v) is 9.86. The number of amidine groups is 1. The number of terminal acetylenes is 1. The molecule has 1 heterocycles. The number of carbonyl (C=O) groups excluding carboxylic acids is 1. The van der Waals surface area contributed by atoms with Gasteiger partial charge in [-0.2, -0.15) is 0 Å². The second-order valence-electron chi connectivity index (χ2n) is 6.62. The van der Waals surface area contributed by atoms with Gasteiger partial charge in [0, 0.05) is 16.5 Å². The predicted octanol–water partition coefficient (Wildman–Crippen LogP) is 2.29. The van der Waals surface area contributed by atoms with Crippen LogP contribution in [0, 0.1) is 24.0 Å². The van der Waals surface area contributed by atoms with Crippen LogP contribution in [0.5, 0.6) is 5.88 Å². The van der Waals surface area contributed by atoms with Crippen molar-refractivity contribution in [2.45, 2.75) is 18.1 Å². The Bertz CT molecular complexity index is 1030. The molecular formula is C20H20F3N5O3S. The van der Waals surface area contributed by atoms with Crippen LogP contribution >= 0.6 is 11.8 Å². The summed E-state index contributed by atoms with van der Waals surface area (Å²) in [7, 11) is 0. The van der Waals surface area contributed by atoms with Crippen LogP contribution < -0.4 is 15.8 Å². The van der Waals surface area contributed by atoms with Gasteiger partial charge < -0.3 is 20.9 Å². The fourth-order valence-corrected chi connectivity index (χ4v) is 3.45. The van der Waals surface area contributed by atoms with Gasteiger partial charge in [0.2, 0.25) is 5.88 Å². The Hall–Kier alpha value is -3.30. The number of aliphatic imine (C=N–C) groups is 1. The number of nitrogens with two attached hydrogens (primary N) is 1. The average Bonchev–Trinajstić information content (AvgIpc) is 2.76. The van der Waals surface area contributed by atoms with E-state index in [2.05, 4.69) is 26.2 Å². The van der Waals surface area contributed by atoms with Crippen molar-refractivity contribution in [3.05, 3.63) is 47.4 Å². The van der Waals surface area contributed by atoms with Crippen molar-refractivity contribution in [1.82, 2.24) is 9.97 Å². The lowest BCUT2D eigenvalue weighted by molar-refractivity contribution is 0.102. The summed E-state index contributed by atoms with van der Waals surface area (Å²) in [6.45, 7) is -0.0271. The maximum Gasteiger partial charge on any atom is 0.275 e. The molecule has 0 unspecified atom stereocenters. The number of halogens is 3. The van der Waals surface area contributed by atoms with E-state index in [0.717, 1.165) is 24.0 Å². The highest BCUT2D eigenvalue weighted by molar-refractivity contribution is 8.15. The maximum absolute atomic E-state index is 14.4. The summed E-state index contributed by atoms with van der Waals surface area (Å²) in [5, 5.41) is 12.0. The molecule has 0 spiro atoms. The van der Waals surface area contributed by atoms with Crippen molar-refractivity contribution in [2.24, 2.45) is 10.7 Å². The Morgan fingerprint density at radius 1 is 1.41 bits per heavy atom. The highest BCUT2D eigenvalue weighted by Gasteiger charge is 2.29. The van der Waals surface area contributed by atoms with E-state index in [4.69, 9.17) is 16.9 Å². The van der Waals surface area contributed by atoms with Crippen LogP contribution in [0.15, 0.2) is 29.5 Å². The molecule has 170 valence electrons. The van der Waals surface area contributed by atoms with Crippen LogP contribution in [0.2, 0.25) is 0 Å². The highest BCUT2D eigenvalue weighted by Crippen LogP contribution is 2.31. The van der Waals surface area contributed by atoms with E-state index in [1.807, 2.05) is 0 Å². The first-order valence-electron chi connectivity index (χ1n) is 9.04. The molecule has 0 saturated carbocycles. The molecule has 4 N–H and O–H groups in total. The third-order valence-electron chi connectivity index (χ3n) is 3.99. The van der Waals surface area contributed by atoms with Gasteiger partial charge in [-0.15, -0.1) is 6.42 Å². The van der Waals surface area contributed by atoms with E-state index in [9.17, 15) is 23.1 Å². The lowest BCUT2D eigenvalue weighted by Crippen LogP contribution is -2.32. The minimum atomic E-state index is -1.21. The molecular weight excluding hydrogens is 447 g/mol. The van der Waals surface area contributed by atoms with Crippen LogP contribution in [0.4, 0.5) is 18.9 Å². The number of nitrogens with one attached hydrogen (secondary N) is 1. The van der Waals surface area contributed by atoms with E-state index in [1.54, 1.807) is 0 Å². The topological polar surface area (TPSA) is 123 Å². The zero-order chi connectivity index (χ0) is 23.7. The van der Waals surface area contributed by atoms with Crippen LogP contribution in [0.3, 0.4) is 0 Å². The smallest absolute Gasteiger partial charge is 0.275 e. The van der Waals surface area contributed by atoms with Gasteiger partial charge in [0.25, 0.3) is 5.91 Å². The van der Waals surface area contributed by atoms with Crippen molar-refractivity contribution in [3.8, 4) is 18.2 Å². The summed E-state index contributed by atoms with van der Waals surface area (Å²) in [6.07, 6.45) is 7.21. The zero-order valence-electron chi connectivity index (χ0n) is 16.9. The monoisotopic (exact) mass is 467 g/mol. The molecule has 1 amide bonds. The van der Waals surface area contributed by atoms with Gasteiger partial charge in [0.15, 0.2) is 30.2 Å². The number of ether oxygens (including phenoxy) is 1. The number of aliphatic hydroxyl groups is 1. The van der Waals surface area contributed by atoms with Gasteiger partial charge in [-0.05, 0) is 25.0 Å². The summed E-state index contributed by atoms with van der Waals surface area (Å²) in [6, 6.07) is 2.02. The number of thioether (sulfide) groups is 1. The number of aliphatic hydroxyl groups excluding tert-OH is 1. The van der Waals surface area contributed by atoms with Gasteiger partial charge in [-0.1, -0.05) is 17.7 Å². The third-order valence-corrected chi connectivity index (χ3v) is 5.10. The van der Waals surface area contributed by atoms with E-state index in [0.29, 0.717) is 0 Å². The molecule has 1 aromatic carbocycles. The number of aromatic nitrogens is 2. The minimum absolute atomic E-state index is 0.0197. The average molecular weight is 467 g/mol. The number of hydrogen-bond donors (Lipinski definition) is 3. The number of carbonyl (C=O) groups is 1. The zero-order valence-corrected chi connectivity index (χ0v) is 17.8. The Balaban J connectivity index is 2.21. The molecule has 0 saturated heterocycles. The fraction of sp³-hybridized carbons (Fsp3) is 0.300. The predicted molar refractivity (Wildman–Crippen MR) is 115 cm³/mol. The number of nitrogens with zero attached hydrogens (tertiary/aromatic N) is 3. The largest absolute Gasteiger partial charge is 0.463 e. The van der Waals surface area contributed by atoms with Crippen LogP contribution in [0.25, 0.3) is 0 Å². The molecule has 2 aromatic rings. The van der Waals surface area contributed by atoms with Crippen molar-refractivity contribution < 1.29 is 27.8 Å². The number of rotatable bonds is 9. The minimum Gasteiger partial charge on any atom is -0.463 e. The number of hydrogen-bond acceptors (Lipinski definition) is 7. The van der Waals surface area contributed by atoms with Gasteiger partial charge in [0.05, 0.1) is 19.0 Å². The fourth-order valence-electron chi connectivity index (χ4n) is 2.54. The molecule has 1 atom stereocenters. The molecule has 0 aliphatic carbocycles. The van der Waals surface area contributed by atoms with Crippen LogP contribution in [-0.2, 0) is 6.42 Å². The summed E-state index contributed by atoms with van der Waals surface area (Å²) in [5.74, 6) is -0.718. The van der Waals surface area contributed by atoms with Crippen molar-refractivity contribution in [3.63, 3.8) is 0 Å². The molecule has 32 heavy (non-hydrogen) atoms. The van der Waals surface area contributed by atoms with E-state index in [1.165, 1.54) is 19.2 Å². The Morgan fingerprint density at radius 2 is 2.16 bits per heavy atom. The molecule has 0 aliphatic rings. The van der Waals surface area contributed by atoms with Gasteiger partial charge in [-0.3, -0.25) is 4.79 Å². The van der Waals surface area contributed by atoms with Crippen LogP contribution in [0.1, 0.15) is 23.0 Å². The molecule has 12 heteroatoms. The molecule has 1 aromatic heterocycles. The van der Waals surface area contributed by atoms with Gasteiger partial charge in [-0.25, -0.2) is 28.1 Å². The van der Waals surface area contributed by atoms with E-state index in [-0.39, 0.29) is 41.0 Å². The molecule has 0 aliphatic heterocycles. The Morgan fingerprint density at radius 3 is 2.75 bits per heavy atom. The van der Waals surface area contributed by atoms with Crippen molar-refractivity contribution >= 4 is 28.5 Å². The standard InChI is InChI=1S/C20H20F3N5O3S/c1-3-4-31-16-9-25-15(8-26-16)18(30)28-13-5-12(17(23)14(22)6-13)7-20(2,10-29)32-19(24)27-11-21/h1,5-6,8-9,29H,4,7,10-11H2,2H3,(H2,24,27)(H,28,30)/t20-/m1/s1. The first kappa shape index (κ1) is 25.0. The Kier molecular flexibility index (Phi) is 8.86. The Labute approximate surface area is 186 Å². The van der Waals surface area contributed by atoms with Crippen molar-refractivity contribution in [2.75, 3.05) is 25.3 Å². The number of amides is 1. The van der Waals surface area contributed by atoms with Crippen molar-refractivity contribution in [1.29, 1.82) is 0 Å². The normalized spacial score (nSPS) is 13.2. The summed E-state index contributed by atoms with van der Waals surface area (Å²) in [5.41, 5.74) is 5.28. The van der Waals surface area contributed by atoms with Gasteiger partial charge >= 0.3 is 0 Å². The maximum atomic E-state index is 14.4. The lowest BCUT2D eigenvalue weighted by atomic mass is 9.99. The molecule has 0 radical (unpaired) electrons. The van der Waals surface area contributed by atoms with Crippen LogP contribution in [-0.4, -0.2) is 50.9 Å².